The molecule has 2 N–H and O–H groups in total. The Morgan fingerprint density at radius 2 is 1.78 bits per heavy atom. The molecule has 1 aromatic carbocycles. The second-order valence-corrected chi connectivity index (χ2v) is 4.83. The van der Waals surface area contributed by atoms with Crippen LogP contribution in [0.1, 0.15) is 26.2 Å². The fourth-order valence-corrected chi connectivity index (χ4v) is 1.66. The maximum Gasteiger partial charge on any atom is 0.313 e. The zero-order chi connectivity index (χ0) is 17.1. The predicted octanol–water partition coefficient (Wildman–Crippen LogP) is 1.86. The molecule has 0 aromatic heterocycles. The summed E-state index contributed by atoms with van der Waals surface area (Å²) in [5, 5.41) is 15.4. The van der Waals surface area contributed by atoms with Crippen molar-refractivity contribution in [1.29, 1.82) is 0 Å². The topological polar surface area (TPSA) is 111 Å². The quantitative estimate of drug-likeness (QED) is 0.312. The molecule has 0 atom stereocenters. The largest absolute Gasteiger partial charge is 0.381 e. The first-order valence-corrected chi connectivity index (χ1v) is 7.46. The first-order chi connectivity index (χ1) is 11.0. The molecule has 0 heterocycles. The monoisotopic (exact) mass is 323 g/mol. The molecule has 0 saturated carbocycles. The van der Waals surface area contributed by atoms with E-state index >= 15 is 0 Å². The van der Waals surface area contributed by atoms with Crippen LogP contribution in [0.5, 0.6) is 0 Å². The Hall–Kier alpha value is -2.48. The number of nitro benzene ring substituents is 1. The molecule has 0 radical (unpaired) electrons. The van der Waals surface area contributed by atoms with Crippen LogP contribution < -0.4 is 10.6 Å². The van der Waals surface area contributed by atoms with Crippen LogP contribution in [-0.2, 0) is 14.3 Å². The Balaban J connectivity index is 2.26. The molecule has 0 unspecified atom stereocenters. The lowest BCUT2D eigenvalue weighted by atomic mass is 10.3. The van der Waals surface area contributed by atoms with Crippen molar-refractivity contribution in [3.8, 4) is 0 Å². The number of non-ortho nitro benzene ring substituents is 1. The van der Waals surface area contributed by atoms with Gasteiger partial charge in [0.25, 0.3) is 5.69 Å². The van der Waals surface area contributed by atoms with Gasteiger partial charge in [0, 0.05) is 37.6 Å². The molecule has 8 nitrogen and oxygen atoms in total. The number of carbonyl (C=O) groups excluding carboxylic acids is 2. The Labute approximate surface area is 134 Å². The van der Waals surface area contributed by atoms with Gasteiger partial charge in [-0.2, -0.15) is 0 Å². The summed E-state index contributed by atoms with van der Waals surface area (Å²) in [4.78, 5) is 33.2. The number of unbranched alkanes of at least 4 members (excludes halogenated alkanes) is 1. The van der Waals surface area contributed by atoms with Crippen molar-refractivity contribution in [3.63, 3.8) is 0 Å². The van der Waals surface area contributed by atoms with Crippen molar-refractivity contribution < 1.29 is 19.2 Å². The average Bonchev–Trinajstić information content (AvgIpc) is 2.54. The van der Waals surface area contributed by atoms with Crippen molar-refractivity contribution >= 4 is 23.2 Å². The number of hydrogen-bond acceptors (Lipinski definition) is 5. The van der Waals surface area contributed by atoms with E-state index in [0.717, 1.165) is 12.8 Å². The smallest absolute Gasteiger partial charge is 0.313 e. The van der Waals surface area contributed by atoms with Gasteiger partial charge in [-0.25, -0.2) is 0 Å². The number of anilines is 1. The fraction of sp³-hybridized carbons (Fsp3) is 0.467. The minimum atomic E-state index is -0.814. The summed E-state index contributed by atoms with van der Waals surface area (Å²) in [7, 11) is 0. The zero-order valence-corrected chi connectivity index (χ0v) is 13.0. The lowest BCUT2D eigenvalue weighted by Crippen LogP contribution is -2.36. The second kappa shape index (κ2) is 10.3. The van der Waals surface area contributed by atoms with Crippen molar-refractivity contribution in [3.05, 3.63) is 34.4 Å². The molecule has 0 aliphatic rings. The lowest BCUT2D eigenvalue weighted by Gasteiger charge is -2.07. The molecule has 0 spiro atoms. The molecular formula is C15H21N3O5. The number of nitro groups is 1. The molecule has 0 aliphatic heterocycles. The number of nitrogens with zero attached hydrogens (tertiary/aromatic N) is 1. The van der Waals surface area contributed by atoms with E-state index in [1.807, 2.05) is 0 Å². The van der Waals surface area contributed by atoms with E-state index in [0.29, 0.717) is 31.9 Å². The number of benzene rings is 1. The Kier molecular flexibility index (Phi) is 8.30. The molecule has 0 saturated heterocycles. The van der Waals surface area contributed by atoms with Crippen LogP contribution in [-0.4, -0.2) is 36.5 Å². The number of rotatable bonds is 9. The molecule has 2 amide bonds. The van der Waals surface area contributed by atoms with Gasteiger partial charge in [0.1, 0.15) is 0 Å². The Bertz CT molecular complexity index is 530. The number of carbonyl (C=O) groups is 2. The van der Waals surface area contributed by atoms with E-state index in [4.69, 9.17) is 4.74 Å². The van der Waals surface area contributed by atoms with E-state index in [-0.39, 0.29) is 5.69 Å². The molecule has 1 rings (SSSR count). The SMILES string of the molecule is CCCCOCCCNC(=O)C(=O)Nc1ccc([N+](=O)[O-])cc1. The minimum Gasteiger partial charge on any atom is -0.381 e. The third kappa shape index (κ3) is 7.37. The van der Waals surface area contributed by atoms with Crippen molar-refractivity contribution in [2.45, 2.75) is 26.2 Å². The molecule has 0 aliphatic carbocycles. The van der Waals surface area contributed by atoms with Crippen LogP contribution in [0.25, 0.3) is 0 Å². The van der Waals surface area contributed by atoms with Gasteiger partial charge in [0.15, 0.2) is 0 Å². The number of hydrogen-bond donors (Lipinski definition) is 2. The number of amides is 2. The van der Waals surface area contributed by atoms with Crippen LogP contribution in [0.2, 0.25) is 0 Å². The lowest BCUT2D eigenvalue weighted by molar-refractivity contribution is -0.384. The number of ether oxygens (including phenoxy) is 1. The molecule has 23 heavy (non-hydrogen) atoms. The van der Waals surface area contributed by atoms with E-state index in [2.05, 4.69) is 17.6 Å². The summed E-state index contributed by atoms with van der Waals surface area (Å²) >= 11 is 0. The molecule has 0 fully saturated rings. The normalized spacial score (nSPS) is 10.1. The van der Waals surface area contributed by atoms with Gasteiger partial charge in [-0.05, 0) is 25.0 Å². The second-order valence-electron chi connectivity index (χ2n) is 4.83. The highest BCUT2D eigenvalue weighted by molar-refractivity contribution is 6.39. The molecule has 1 aromatic rings. The Morgan fingerprint density at radius 1 is 1.13 bits per heavy atom. The fourth-order valence-electron chi connectivity index (χ4n) is 1.66. The summed E-state index contributed by atoms with van der Waals surface area (Å²) in [6.07, 6.45) is 2.70. The minimum absolute atomic E-state index is 0.0875. The standard InChI is InChI=1S/C15H21N3O5/c1-2-3-10-23-11-4-9-16-14(19)15(20)17-12-5-7-13(8-6-12)18(21)22/h5-8H,2-4,9-11H2,1H3,(H,16,19)(H,17,20). The molecule has 0 bridgehead atoms. The highest BCUT2D eigenvalue weighted by Gasteiger charge is 2.13. The van der Waals surface area contributed by atoms with E-state index in [9.17, 15) is 19.7 Å². The summed E-state index contributed by atoms with van der Waals surface area (Å²) < 4.78 is 5.34. The Morgan fingerprint density at radius 3 is 2.39 bits per heavy atom. The van der Waals surface area contributed by atoms with Crippen LogP contribution in [0, 0.1) is 10.1 Å². The molecular weight excluding hydrogens is 302 g/mol. The zero-order valence-electron chi connectivity index (χ0n) is 13.0. The van der Waals surface area contributed by atoms with Crippen molar-refractivity contribution in [2.24, 2.45) is 0 Å². The summed E-state index contributed by atoms with van der Waals surface area (Å²) in [5.74, 6) is -1.57. The van der Waals surface area contributed by atoms with Gasteiger partial charge in [-0.15, -0.1) is 0 Å². The maximum atomic E-state index is 11.6. The van der Waals surface area contributed by atoms with Gasteiger partial charge in [0.05, 0.1) is 4.92 Å². The number of nitrogens with one attached hydrogen (secondary N) is 2. The third-order valence-corrected chi connectivity index (χ3v) is 2.94. The highest BCUT2D eigenvalue weighted by Crippen LogP contribution is 2.15. The first kappa shape index (κ1) is 18.6. The van der Waals surface area contributed by atoms with Crippen LogP contribution in [0.15, 0.2) is 24.3 Å². The van der Waals surface area contributed by atoms with Crippen LogP contribution in [0.4, 0.5) is 11.4 Å². The van der Waals surface area contributed by atoms with Crippen molar-refractivity contribution in [1.82, 2.24) is 5.32 Å². The van der Waals surface area contributed by atoms with Crippen molar-refractivity contribution in [2.75, 3.05) is 25.1 Å². The summed E-state index contributed by atoms with van der Waals surface area (Å²) in [6, 6.07) is 5.23. The predicted molar refractivity (Wildman–Crippen MR) is 85.1 cm³/mol. The van der Waals surface area contributed by atoms with Crippen LogP contribution >= 0.6 is 0 Å². The average molecular weight is 323 g/mol. The van der Waals surface area contributed by atoms with E-state index < -0.39 is 16.7 Å². The first-order valence-electron chi connectivity index (χ1n) is 7.46. The van der Waals surface area contributed by atoms with Gasteiger partial charge < -0.3 is 15.4 Å². The molecule has 8 heteroatoms. The summed E-state index contributed by atoms with van der Waals surface area (Å²) in [6.45, 7) is 3.65. The summed E-state index contributed by atoms with van der Waals surface area (Å²) in [5.41, 5.74) is 0.231. The van der Waals surface area contributed by atoms with Crippen LogP contribution in [0.3, 0.4) is 0 Å². The maximum absolute atomic E-state index is 11.6. The van der Waals surface area contributed by atoms with Gasteiger partial charge in [-0.3, -0.25) is 19.7 Å². The third-order valence-electron chi connectivity index (χ3n) is 2.94. The van der Waals surface area contributed by atoms with Gasteiger partial charge >= 0.3 is 11.8 Å². The van der Waals surface area contributed by atoms with E-state index in [1.165, 1.54) is 24.3 Å². The van der Waals surface area contributed by atoms with E-state index in [1.54, 1.807) is 0 Å². The van der Waals surface area contributed by atoms with Gasteiger partial charge in [0.2, 0.25) is 0 Å². The molecule has 126 valence electrons. The highest BCUT2D eigenvalue weighted by atomic mass is 16.6. The van der Waals surface area contributed by atoms with Gasteiger partial charge in [-0.1, -0.05) is 13.3 Å².